The predicted molar refractivity (Wildman–Crippen MR) is 109 cm³/mol. The third-order valence-corrected chi connectivity index (χ3v) is 4.93. The second-order valence-corrected chi connectivity index (χ2v) is 8.75. The Balaban J connectivity index is 1.68. The van der Waals surface area contributed by atoms with Crippen LogP contribution in [0.5, 0.6) is 11.8 Å². The smallest absolute Gasteiger partial charge is 0.414 e. The van der Waals surface area contributed by atoms with Gasteiger partial charge in [0.25, 0.3) is 11.8 Å². The van der Waals surface area contributed by atoms with Gasteiger partial charge in [0.2, 0.25) is 11.8 Å². The van der Waals surface area contributed by atoms with Gasteiger partial charge in [0.05, 0.1) is 25.9 Å². The Morgan fingerprint density at radius 1 is 1.32 bits per heavy atom. The highest BCUT2D eigenvalue weighted by Crippen LogP contribution is 2.37. The van der Waals surface area contributed by atoms with E-state index in [1.54, 1.807) is 14.1 Å². The number of carbonyl (C=O) groups is 2. The van der Waals surface area contributed by atoms with E-state index in [0.717, 1.165) is 12.8 Å². The third-order valence-electron chi connectivity index (χ3n) is 4.93. The fraction of sp³-hybridized carbons (Fsp3) is 0.700. The molecule has 1 N–H and O–H groups in total. The number of alkyl halides is 2. The Kier molecular flexibility index (Phi) is 6.80. The van der Waals surface area contributed by atoms with Crippen LogP contribution in [0.2, 0.25) is 0 Å². The van der Waals surface area contributed by atoms with Gasteiger partial charge in [-0.2, -0.15) is 4.98 Å². The average molecular weight is 441 g/mol. The number of rotatable bonds is 9. The first-order valence-corrected chi connectivity index (χ1v) is 10.4. The number of anilines is 1. The maximum absolute atomic E-state index is 13.3. The number of hydrogen-bond donors (Lipinski definition) is 1. The van der Waals surface area contributed by atoms with E-state index >= 15 is 0 Å². The van der Waals surface area contributed by atoms with Gasteiger partial charge in [0, 0.05) is 14.1 Å². The van der Waals surface area contributed by atoms with Gasteiger partial charge in [-0.1, -0.05) is 13.8 Å². The van der Waals surface area contributed by atoms with E-state index in [1.165, 1.54) is 16.0 Å². The quantitative estimate of drug-likeness (QED) is 0.628. The lowest BCUT2D eigenvalue weighted by atomic mass is 10.0. The molecule has 11 heteroatoms. The van der Waals surface area contributed by atoms with Crippen molar-refractivity contribution in [1.29, 1.82) is 0 Å². The second-order valence-electron chi connectivity index (χ2n) is 8.75. The van der Waals surface area contributed by atoms with E-state index in [9.17, 15) is 18.4 Å². The Morgan fingerprint density at radius 3 is 2.55 bits per heavy atom. The molecule has 1 aromatic rings. The molecule has 1 aromatic heterocycles. The number of likely N-dealkylation sites (N-methyl/N-ethyl adjacent to an activating group) is 1. The lowest BCUT2D eigenvalue weighted by molar-refractivity contribution is -0.131. The summed E-state index contributed by atoms with van der Waals surface area (Å²) in [6.45, 7) is 3.35. The summed E-state index contributed by atoms with van der Waals surface area (Å²) >= 11 is 0. The maximum Gasteiger partial charge on any atom is 0.414 e. The summed E-state index contributed by atoms with van der Waals surface area (Å²) in [5.74, 6) is -2.33. The molecule has 0 bridgehead atoms. The number of carbonyl (C=O) groups excluding carboxylic acids is 2. The van der Waals surface area contributed by atoms with Crippen molar-refractivity contribution in [3.8, 4) is 11.8 Å². The van der Waals surface area contributed by atoms with Crippen LogP contribution in [0.1, 0.15) is 33.1 Å². The van der Waals surface area contributed by atoms with Crippen molar-refractivity contribution in [2.45, 2.75) is 45.1 Å². The molecule has 1 saturated carbocycles. The van der Waals surface area contributed by atoms with Crippen molar-refractivity contribution in [3.63, 3.8) is 0 Å². The number of nitrogens with zero attached hydrogens (tertiary/aromatic N) is 4. The molecule has 2 amide bonds. The largest absolute Gasteiger partial charge is 0.475 e. The van der Waals surface area contributed by atoms with E-state index in [-0.39, 0.29) is 29.4 Å². The molecule has 9 nitrogen and oxygen atoms in total. The average Bonchev–Trinajstić information content (AvgIpc) is 3.47. The topological polar surface area (TPSA) is 96.9 Å². The summed E-state index contributed by atoms with van der Waals surface area (Å²) in [6, 6.07) is -0.747. The van der Waals surface area contributed by atoms with Crippen LogP contribution in [-0.4, -0.2) is 72.6 Å². The molecule has 1 aliphatic heterocycles. The summed E-state index contributed by atoms with van der Waals surface area (Å²) in [5, 5.41) is 2.56. The van der Waals surface area contributed by atoms with Gasteiger partial charge in [0.15, 0.2) is 5.82 Å². The molecule has 172 valence electrons. The Hall–Kier alpha value is -2.72. The molecule has 0 unspecified atom stereocenters. The van der Waals surface area contributed by atoms with Gasteiger partial charge < -0.3 is 24.6 Å². The van der Waals surface area contributed by atoms with Crippen molar-refractivity contribution in [2.75, 3.05) is 38.7 Å². The van der Waals surface area contributed by atoms with E-state index in [1.807, 2.05) is 13.8 Å². The first-order valence-electron chi connectivity index (χ1n) is 10.4. The zero-order chi connectivity index (χ0) is 22.8. The highest BCUT2D eigenvalue weighted by molar-refractivity contribution is 5.85. The van der Waals surface area contributed by atoms with E-state index in [2.05, 4.69) is 15.3 Å². The van der Waals surface area contributed by atoms with E-state index in [0.29, 0.717) is 18.9 Å². The number of ether oxygens (including phenoxy) is 2. The molecule has 0 radical (unpaired) electrons. The molecule has 2 aliphatic rings. The summed E-state index contributed by atoms with van der Waals surface area (Å²) in [5.41, 5.74) is 0. The van der Waals surface area contributed by atoms with Crippen LogP contribution < -0.4 is 19.7 Å². The van der Waals surface area contributed by atoms with E-state index < -0.39 is 31.1 Å². The van der Waals surface area contributed by atoms with E-state index in [4.69, 9.17) is 9.47 Å². The maximum atomic E-state index is 13.3. The van der Waals surface area contributed by atoms with Gasteiger partial charge in [-0.15, -0.1) is 0 Å². The molecule has 2 heterocycles. The molecule has 1 aliphatic carbocycles. The number of amides is 2. The molecule has 1 atom stereocenters. The first kappa shape index (κ1) is 23.0. The minimum atomic E-state index is -2.77. The van der Waals surface area contributed by atoms with Crippen molar-refractivity contribution >= 4 is 17.8 Å². The van der Waals surface area contributed by atoms with Gasteiger partial charge >= 0.3 is 6.09 Å². The standard InChI is InChI=1S/C20H29F2N5O4/c1-12(2)7-14(18(28)26(3)4)24-19(29)31-15-8-23-16(27-10-20(21,22)11-27)17(25-15)30-9-13-5-6-13/h8,12-14H,5-7,9-11H2,1-4H3,(H,24,29)/t14-/m0/s1. The van der Waals surface area contributed by atoms with Crippen LogP contribution in [0.25, 0.3) is 0 Å². The van der Waals surface area contributed by atoms with Crippen molar-refractivity contribution in [2.24, 2.45) is 11.8 Å². The third kappa shape index (κ3) is 6.38. The zero-order valence-corrected chi connectivity index (χ0v) is 18.2. The predicted octanol–water partition coefficient (Wildman–Crippen LogP) is 2.31. The van der Waals surface area contributed by atoms with Crippen LogP contribution in [-0.2, 0) is 4.79 Å². The van der Waals surface area contributed by atoms with Gasteiger partial charge in [-0.25, -0.2) is 18.6 Å². The molecular formula is C20H29F2N5O4. The summed E-state index contributed by atoms with van der Waals surface area (Å²) in [4.78, 5) is 35.8. The highest BCUT2D eigenvalue weighted by Gasteiger charge is 2.46. The van der Waals surface area contributed by atoms with Crippen molar-refractivity contribution in [3.05, 3.63) is 6.20 Å². The minimum Gasteiger partial charge on any atom is -0.475 e. The normalized spacial score (nSPS) is 18.2. The lowest BCUT2D eigenvalue weighted by Gasteiger charge is -2.39. The molecule has 1 saturated heterocycles. The first-order chi connectivity index (χ1) is 14.5. The van der Waals surface area contributed by atoms with Crippen LogP contribution in [0.15, 0.2) is 6.20 Å². The van der Waals surface area contributed by atoms with Crippen LogP contribution in [0, 0.1) is 11.8 Å². The molecule has 2 fully saturated rings. The zero-order valence-electron chi connectivity index (χ0n) is 18.2. The summed E-state index contributed by atoms with van der Waals surface area (Å²) in [7, 11) is 3.21. The fourth-order valence-electron chi connectivity index (χ4n) is 3.13. The van der Waals surface area contributed by atoms with Gasteiger partial charge in [-0.3, -0.25) is 4.79 Å². The summed E-state index contributed by atoms with van der Waals surface area (Å²) in [6.07, 6.45) is 2.85. The molecule has 31 heavy (non-hydrogen) atoms. The highest BCUT2D eigenvalue weighted by atomic mass is 19.3. The van der Waals surface area contributed by atoms with Crippen LogP contribution >= 0.6 is 0 Å². The molecule has 0 aromatic carbocycles. The lowest BCUT2D eigenvalue weighted by Crippen LogP contribution is -2.56. The van der Waals surface area contributed by atoms with Gasteiger partial charge in [0.1, 0.15) is 6.04 Å². The summed E-state index contributed by atoms with van der Waals surface area (Å²) < 4.78 is 37.4. The molecule has 3 rings (SSSR count). The minimum absolute atomic E-state index is 0.0517. The van der Waals surface area contributed by atoms with Crippen LogP contribution in [0.3, 0.4) is 0 Å². The number of hydrogen-bond acceptors (Lipinski definition) is 7. The van der Waals surface area contributed by atoms with Gasteiger partial charge in [-0.05, 0) is 31.1 Å². The number of nitrogens with one attached hydrogen (secondary N) is 1. The molecule has 0 spiro atoms. The monoisotopic (exact) mass is 441 g/mol. The Labute approximate surface area is 180 Å². The van der Waals surface area contributed by atoms with Crippen molar-refractivity contribution < 1.29 is 27.8 Å². The SMILES string of the molecule is CC(C)C[C@H](NC(=O)Oc1cnc(N2CC(F)(F)C2)c(OCC2CC2)n1)C(=O)N(C)C. The second kappa shape index (κ2) is 9.19. The molecular weight excluding hydrogens is 412 g/mol. The number of aromatic nitrogens is 2. The van der Waals surface area contributed by atoms with Crippen molar-refractivity contribution in [1.82, 2.24) is 20.2 Å². The number of halogens is 2. The van der Waals surface area contributed by atoms with Crippen LogP contribution in [0.4, 0.5) is 19.4 Å². The fourth-order valence-corrected chi connectivity index (χ4v) is 3.13. The Bertz CT molecular complexity index is 809. The Morgan fingerprint density at radius 2 is 2.00 bits per heavy atom.